The third kappa shape index (κ3) is 3.35. The molecule has 2 rings (SSSR count). The SMILES string of the molecule is Fc1cccc(CC(Br)c2c(F)cc(F)cc2F)c1. The summed E-state index contributed by atoms with van der Waals surface area (Å²) >= 11 is 3.15. The van der Waals surface area contributed by atoms with Crippen LogP contribution in [0.1, 0.15) is 16.0 Å². The van der Waals surface area contributed by atoms with Gasteiger partial charge in [-0.05, 0) is 24.1 Å². The van der Waals surface area contributed by atoms with Gasteiger partial charge in [0.05, 0.1) is 0 Å². The van der Waals surface area contributed by atoms with E-state index in [2.05, 4.69) is 15.9 Å². The van der Waals surface area contributed by atoms with Crippen molar-refractivity contribution in [1.29, 1.82) is 0 Å². The standard InChI is InChI=1S/C14H9BrF4/c15-11(5-8-2-1-3-9(16)4-8)14-12(18)6-10(17)7-13(14)19/h1-4,6-7,11H,5H2. The zero-order valence-corrected chi connectivity index (χ0v) is 11.2. The van der Waals surface area contributed by atoms with Gasteiger partial charge in [0, 0.05) is 22.5 Å². The van der Waals surface area contributed by atoms with E-state index in [1.165, 1.54) is 18.2 Å². The number of benzene rings is 2. The summed E-state index contributed by atoms with van der Waals surface area (Å²) in [5.74, 6) is -3.31. The van der Waals surface area contributed by atoms with Crippen LogP contribution in [0.25, 0.3) is 0 Å². The minimum atomic E-state index is -0.968. The molecule has 0 spiro atoms. The largest absolute Gasteiger partial charge is 0.207 e. The van der Waals surface area contributed by atoms with Crippen molar-refractivity contribution in [3.63, 3.8) is 0 Å². The summed E-state index contributed by atoms with van der Waals surface area (Å²) in [5, 5.41) is 0. The molecule has 0 radical (unpaired) electrons. The lowest BCUT2D eigenvalue weighted by Crippen LogP contribution is -2.03. The van der Waals surface area contributed by atoms with Crippen molar-refractivity contribution in [2.24, 2.45) is 0 Å². The van der Waals surface area contributed by atoms with Crippen LogP contribution < -0.4 is 0 Å². The maximum Gasteiger partial charge on any atom is 0.133 e. The highest BCUT2D eigenvalue weighted by Gasteiger charge is 2.19. The van der Waals surface area contributed by atoms with Crippen molar-refractivity contribution in [2.45, 2.75) is 11.2 Å². The summed E-state index contributed by atoms with van der Waals surface area (Å²) in [6, 6.07) is 6.98. The minimum Gasteiger partial charge on any atom is -0.207 e. The molecule has 0 saturated heterocycles. The molecule has 0 saturated carbocycles. The molecule has 0 heterocycles. The summed E-state index contributed by atoms with van der Waals surface area (Å²) in [7, 11) is 0. The highest BCUT2D eigenvalue weighted by molar-refractivity contribution is 9.09. The van der Waals surface area contributed by atoms with Gasteiger partial charge in [-0.2, -0.15) is 0 Å². The van der Waals surface area contributed by atoms with Gasteiger partial charge in [0.25, 0.3) is 0 Å². The van der Waals surface area contributed by atoms with E-state index in [4.69, 9.17) is 0 Å². The fourth-order valence-electron chi connectivity index (χ4n) is 1.83. The van der Waals surface area contributed by atoms with E-state index in [0.29, 0.717) is 17.7 Å². The molecule has 2 aromatic carbocycles. The average molecular weight is 333 g/mol. The van der Waals surface area contributed by atoms with E-state index < -0.39 is 28.1 Å². The Morgan fingerprint density at radius 2 is 1.53 bits per heavy atom. The first-order valence-electron chi connectivity index (χ1n) is 5.50. The maximum atomic E-state index is 13.6. The van der Waals surface area contributed by atoms with E-state index in [-0.39, 0.29) is 12.0 Å². The third-order valence-corrected chi connectivity index (χ3v) is 3.44. The lowest BCUT2D eigenvalue weighted by Gasteiger charge is -2.12. The molecule has 0 bridgehead atoms. The van der Waals surface area contributed by atoms with Crippen LogP contribution in [0.5, 0.6) is 0 Å². The van der Waals surface area contributed by atoms with Gasteiger partial charge >= 0.3 is 0 Å². The second kappa shape index (κ2) is 5.74. The normalized spacial score (nSPS) is 12.5. The van der Waals surface area contributed by atoms with E-state index in [0.717, 1.165) is 0 Å². The van der Waals surface area contributed by atoms with Gasteiger partial charge in [-0.3, -0.25) is 0 Å². The monoisotopic (exact) mass is 332 g/mol. The quantitative estimate of drug-likeness (QED) is 0.552. The topological polar surface area (TPSA) is 0 Å². The van der Waals surface area contributed by atoms with E-state index >= 15 is 0 Å². The van der Waals surface area contributed by atoms with Gasteiger partial charge in [0.15, 0.2) is 0 Å². The minimum absolute atomic E-state index is 0.192. The van der Waals surface area contributed by atoms with Crippen molar-refractivity contribution in [3.8, 4) is 0 Å². The molecule has 1 unspecified atom stereocenters. The van der Waals surface area contributed by atoms with Crippen molar-refractivity contribution in [1.82, 2.24) is 0 Å². The molecule has 100 valence electrons. The Morgan fingerprint density at radius 1 is 0.895 bits per heavy atom. The first-order chi connectivity index (χ1) is 8.97. The molecule has 0 aromatic heterocycles. The lowest BCUT2D eigenvalue weighted by atomic mass is 10.0. The predicted molar refractivity (Wildman–Crippen MR) is 68.1 cm³/mol. The molecular formula is C14H9BrF4. The first kappa shape index (κ1) is 14.1. The van der Waals surface area contributed by atoms with Crippen LogP contribution in [-0.4, -0.2) is 0 Å². The lowest BCUT2D eigenvalue weighted by molar-refractivity contribution is 0.522. The van der Waals surface area contributed by atoms with Crippen molar-refractivity contribution in [3.05, 3.63) is 70.8 Å². The van der Waals surface area contributed by atoms with Crippen molar-refractivity contribution >= 4 is 15.9 Å². The van der Waals surface area contributed by atoms with Gasteiger partial charge in [0.1, 0.15) is 23.3 Å². The molecule has 5 heteroatoms. The molecule has 0 aliphatic heterocycles. The summed E-state index contributed by atoms with van der Waals surface area (Å²) < 4.78 is 52.9. The molecule has 2 aromatic rings. The number of halogens is 5. The second-order valence-electron chi connectivity index (χ2n) is 4.08. The molecule has 1 atom stereocenters. The highest BCUT2D eigenvalue weighted by Crippen LogP contribution is 2.31. The third-order valence-electron chi connectivity index (χ3n) is 2.66. The van der Waals surface area contributed by atoms with Gasteiger partial charge in [-0.25, -0.2) is 17.6 Å². The van der Waals surface area contributed by atoms with Crippen LogP contribution >= 0.6 is 15.9 Å². The van der Waals surface area contributed by atoms with Crippen LogP contribution in [0.3, 0.4) is 0 Å². The summed E-state index contributed by atoms with van der Waals surface area (Å²) in [6.07, 6.45) is 0.192. The average Bonchev–Trinajstić information content (AvgIpc) is 2.27. The Bertz CT molecular complexity index is 575. The van der Waals surface area contributed by atoms with Gasteiger partial charge in [0.2, 0.25) is 0 Å². The summed E-state index contributed by atoms with van der Waals surface area (Å²) in [5.41, 5.74) is 0.329. The van der Waals surface area contributed by atoms with Gasteiger partial charge in [-0.15, -0.1) is 0 Å². The summed E-state index contributed by atoms with van der Waals surface area (Å²) in [4.78, 5) is -0.699. The smallest absolute Gasteiger partial charge is 0.133 e. The second-order valence-corrected chi connectivity index (χ2v) is 5.19. The first-order valence-corrected chi connectivity index (χ1v) is 6.42. The van der Waals surface area contributed by atoms with Crippen LogP contribution in [0.15, 0.2) is 36.4 Å². The van der Waals surface area contributed by atoms with E-state index in [9.17, 15) is 17.6 Å². The Kier molecular flexibility index (Phi) is 4.24. The Hall–Kier alpha value is -1.36. The van der Waals surface area contributed by atoms with Crippen LogP contribution in [0.4, 0.5) is 17.6 Å². The van der Waals surface area contributed by atoms with Crippen molar-refractivity contribution < 1.29 is 17.6 Å². The zero-order valence-electron chi connectivity index (χ0n) is 9.64. The van der Waals surface area contributed by atoms with E-state index in [1.807, 2.05) is 0 Å². The molecule has 0 N–H and O–H groups in total. The number of hydrogen-bond acceptors (Lipinski definition) is 0. The zero-order chi connectivity index (χ0) is 14.0. The fraction of sp³-hybridized carbons (Fsp3) is 0.143. The molecule has 19 heavy (non-hydrogen) atoms. The maximum absolute atomic E-state index is 13.6. The predicted octanol–water partition coefficient (Wildman–Crippen LogP) is 4.92. The Balaban J connectivity index is 2.28. The molecule has 0 aliphatic rings. The van der Waals surface area contributed by atoms with Crippen LogP contribution in [-0.2, 0) is 6.42 Å². The van der Waals surface area contributed by atoms with E-state index in [1.54, 1.807) is 6.07 Å². The fourth-order valence-corrected chi connectivity index (χ4v) is 2.64. The van der Waals surface area contributed by atoms with Gasteiger partial charge < -0.3 is 0 Å². The summed E-state index contributed by atoms with van der Waals surface area (Å²) in [6.45, 7) is 0. The van der Waals surface area contributed by atoms with Crippen LogP contribution in [0, 0.1) is 23.3 Å². The molecule has 0 fully saturated rings. The molecule has 0 nitrogen and oxygen atoms in total. The Morgan fingerprint density at radius 3 is 2.11 bits per heavy atom. The Labute approximate surface area is 116 Å². The number of rotatable bonds is 3. The van der Waals surface area contributed by atoms with Gasteiger partial charge in [-0.1, -0.05) is 28.1 Å². The molecule has 0 amide bonds. The molecular weight excluding hydrogens is 324 g/mol. The highest BCUT2D eigenvalue weighted by atomic mass is 79.9. The van der Waals surface area contributed by atoms with Crippen molar-refractivity contribution in [2.75, 3.05) is 0 Å². The number of hydrogen-bond donors (Lipinski definition) is 0. The number of alkyl halides is 1. The van der Waals surface area contributed by atoms with Crippen LogP contribution in [0.2, 0.25) is 0 Å². The molecule has 0 aliphatic carbocycles.